The van der Waals surface area contributed by atoms with Crippen molar-refractivity contribution in [3.8, 4) is 17.5 Å². The molecule has 0 bridgehead atoms. The molecule has 13 heteroatoms. The first-order chi connectivity index (χ1) is 14.5. The Morgan fingerprint density at radius 2 is 1.77 bits per heavy atom. The smallest absolute Gasteiger partial charge is 0.351 e. The molecule has 0 unspecified atom stereocenters. The average Bonchev–Trinajstić information content (AvgIpc) is 3.38. The number of fused-ring (bicyclic) bond motifs is 1. The Morgan fingerprint density at radius 3 is 2.42 bits per heavy atom. The molecule has 7 nitrogen and oxygen atoms in total. The van der Waals surface area contributed by atoms with Crippen LogP contribution in [0.15, 0.2) is 33.4 Å². The minimum atomic E-state index is -4.84. The summed E-state index contributed by atoms with van der Waals surface area (Å²) in [6.07, 6.45) is -8.27. The van der Waals surface area contributed by atoms with Crippen molar-refractivity contribution in [2.45, 2.75) is 25.8 Å². The third-order valence-corrected chi connectivity index (χ3v) is 4.47. The fourth-order valence-corrected chi connectivity index (χ4v) is 3.20. The molecule has 0 spiro atoms. The van der Waals surface area contributed by atoms with E-state index >= 15 is 0 Å². The number of rotatable bonds is 3. The molecule has 0 aliphatic carbocycles. The molecule has 0 fully saturated rings. The van der Waals surface area contributed by atoms with Crippen molar-refractivity contribution in [3.63, 3.8) is 0 Å². The van der Waals surface area contributed by atoms with Crippen LogP contribution in [0.2, 0.25) is 0 Å². The molecule has 31 heavy (non-hydrogen) atoms. The van der Waals surface area contributed by atoms with Crippen LogP contribution >= 0.6 is 0 Å². The first-order valence-corrected chi connectivity index (χ1v) is 8.46. The van der Waals surface area contributed by atoms with Crippen molar-refractivity contribution >= 4 is 10.9 Å². The fraction of sp³-hybridized carbons (Fsp3) is 0.222. The van der Waals surface area contributed by atoms with Gasteiger partial charge in [-0.3, -0.25) is 0 Å². The number of aromatic nitrogens is 4. The van der Waals surface area contributed by atoms with Gasteiger partial charge in [0.25, 0.3) is 11.7 Å². The summed E-state index contributed by atoms with van der Waals surface area (Å²) in [6.45, 7) is 1.07. The maximum atomic E-state index is 13.4. The Bertz CT molecular complexity index is 1320. The SMILES string of the molecule is Cc1noc(C(F)(F)F)c1-c1nc(Cn2ccc3c(C(F)(F)F)c(C#N)ccc32)no1. The van der Waals surface area contributed by atoms with Crippen LogP contribution < -0.4 is 0 Å². The summed E-state index contributed by atoms with van der Waals surface area (Å²) < 4.78 is 90.1. The standard InChI is InChI=1S/C18H9F6N5O2/c1-8-13(15(30-27-8)18(22,23)24)16-26-12(28-31-16)7-29-5-4-10-11(29)3-2-9(6-25)14(10)17(19,20)21/h2-5H,7H2,1H3. The van der Waals surface area contributed by atoms with E-state index in [1.165, 1.54) is 35.9 Å². The lowest BCUT2D eigenvalue weighted by molar-refractivity contribution is -0.155. The molecule has 0 amide bonds. The highest BCUT2D eigenvalue weighted by Crippen LogP contribution is 2.39. The second kappa shape index (κ2) is 6.86. The van der Waals surface area contributed by atoms with E-state index in [1.54, 1.807) is 0 Å². The highest BCUT2D eigenvalue weighted by molar-refractivity contribution is 5.86. The molecule has 160 valence electrons. The highest BCUT2D eigenvalue weighted by Gasteiger charge is 2.42. The minimum absolute atomic E-state index is 0.0841. The predicted octanol–water partition coefficient (Wildman–Crippen LogP) is 4.95. The summed E-state index contributed by atoms with van der Waals surface area (Å²) in [5.41, 5.74) is -2.10. The van der Waals surface area contributed by atoms with E-state index in [4.69, 9.17) is 9.78 Å². The zero-order valence-electron chi connectivity index (χ0n) is 15.3. The van der Waals surface area contributed by atoms with Crippen molar-refractivity contribution in [1.82, 2.24) is 19.9 Å². The molecule has 0 N–H and O–H groups in total. The molecule has 0 saturated carbocycles. The zero-order chi connectivity index (χ0) is 22.6. The second-order valence-corrected chi connectivity index (χ2v) is 6.46. The maximum Gasteiger partial charge on any atom is 0.453 e. The Balaban J connectivity index is 1.73. The molecule has 0 radical (unpaired) electrons. The van der Waals surface area contributed by atoms with Crippen LogP contribution in [-0.2, 0) is 18.9 Å². The normalized spacial score (nSPS) is 12.5. The van der Waals surface area contributed by atoms with Crippen molar-refractivity contribution in [2.24, 2.45) is 0 Å². The van der Waals surface area contributed by atoms with Crippen molar-refractivity contribution in [3.05, 3.63) is 52.8 Å². The average molecular weight is 441 g/mol. The molecule has 0 aliphatic heterocycles. The van der Waals surface area contributed by atoms with Gasteiger partial charge in [-0.25, -0.2) is 0 Å². The molecule has 0 atom stereocenters. The van der Waals surface area contributed by atoms with E-state index < -0.39 is 40.7 Å². The number of aryl methyl sites for hydroxylation is 1. The first-order valence-electron chi connectivity index (χ1n) is 8.46. The summed E-state index contributed by atoms with van der Waals surface area (Å²) in [5, 5.41) is 15.7. The Kier molecular flexibility index (Phi) is 4.53. The van der Waals surface area contributed by atoms with E-state index in [2.05, 4.69) is 19.8 Å². The molecule has 3 heterocycles. The monoisotopic (exact) mass is 441 g/mol. The van der Waals surface area contributed by atoms with Gasteiger partial charge in [0, 0.05) is 17.1 Å². The lowest BCUT2D eigenvalue weighted by Gasteiger charge is -2.11. The summed E-state index contributed by atoms with van der Waals surface area (Å²) in [5.74, 6) is -1.97. The largest absolute Gasteiger partial charge is 0.453 e. The lowest BCUT2D eigenvalue weighted by atomic mass is 10.0. The number of alkyl halides is 6. The highest BCUT2D eigenvalue weighted by atomic mass is 19.4. The Labute approximate surface area is 168 Å². The van der Waals surface area contributed by atoms with Gasteiger partial charge in [0.1, 0.15) is 5.56 Å². The van der Waals surface area contributed by atoms with Crippen molar-refractivity contribution in [1.29, 1.82) is 5.26 Å². The van der Waals surface area contributed by atoms with Crippen LogP contribution in [0.1, 0.15) is 28.4 Å². The van der Waals surface area contributed by atoms with E-state index in [9.17, 15) is 26.3 Å². The van der Waals surface area contributed by atoms with Gasteiger partial charge in [-0.15, -0.1) is 0 Å². The third-order valence-electron chi connectivity index (χ3n) is 4.47. The van der Waals surface area contributed by atoms with Crippen LogP contribution in [0.5, 0.6) is 0 Å². The van der Waals surface area contributed by atoms with Crippen LogP contribution in [0, 0.1) is 18.3 Å². The van der Waals surface area contributed by atoms with E-state index in [0.717, 1.165) is 6.07 Å². The fourth-order valence-electron chi connectivity index (χ4n) is 3.20. The van der Waals surface area contributed by atoms with Gasteiger partial charge >= 0.3 is 12.4 Å². The molecule has 0 saturated heterocycles. The predicted molar refractivity (Wildman–Crippen MR) is 90.3 cm³/mol. The molecular formula is C18H9F6N5O2. The van der Waals surface area contributed by atoms with E-state index in [1.807, 2.05) is 0 Å². The van der Waals surface area contributed by atoms with E-state index in [-0.39, 0.29) is 29.0 Å². The van der Waals surface area contributed by atoms with Gasteiger partial charge < -0.3 is 13.6 Å². The number of hydrogen-bond donors (Lipinski definition) is 0. The number of hydrogen-bond acceptors (Lipinski definition) is 6. The molecular weight excluding hydrogens is 432 g/mol. The summed E-state index contributed by atoms with van der Waals surface area (Å²) >= 11 is 0. The van der Waals surface area contributed by atoms with Crippen molar-refractivity contribution < 1.29 is 35.4 Å². The van der Waals surface area contributed by atoms with Crippen LogP contribution in [-0.4, -0.2) is 19.9 Å². The molecule has 0 aliphatic rings. The van der Waals surface area contributed by atoms with E-state index in [0.29, 0.717) is 0 Å². The minimum Gasteiger partial charge on any atom is -0.351 e. The van der Waals surface area contributed by atoms with Gasteiger partial charge in [0.05, 0.1) is 29.4 Å². The summed E-state index contributed by atoms with van der Waals surface area (Å²) in [4.78, 5) is 3.90. The van der Waals surface area contributed by atoms with Crippen LogP contribution in [0.4, 0.5) is 26.3 Å². The lowest BCUT2D eigenvalue weighted by Crippen LogP contribution is -2.09. The summed E-state index contributed by atoms with van der Waals surface area (Å²) in [6, 6.07) is 5.08. The van der Waals surface area contributed by atoms with Crippen LogP contribution in [0.25, 0.3) is 22.4 Å². The molecule has 4 rings (SSSR count). The topological polar surface area (TPSA) is 93.7 Å². The van der Waals surface area contributed by atoms with Crippen molar-refractivity contribution in [2.75, 3.05) is 0 Å². The van der Waals surface area contributed by atoms with Gasteiger partial charge in [-0.2, -0.15) is 36.6 Å². The number of nitriles is 1. The number of nitrogens with zero attached hydrogens (tertiary/aromatic N) is 5. The van der Waals surface area contributed by atoms with Gasteiger partial charge in [0.15, 0.2) is 5.82 Å². The number of benzene rings is 1. The number of halogens is 6. The third kappa shape index (κ3) is 3.49. The van der Waals surface area contributed by atoms with Gasteiger partial charge in [-0.1, -0.05) is 10.3 Å². The Morgan fingerprint density at radius 1 is 1.03 bits per heavy atom. The molecule has 1 aromatic carbocycles. The maximum absolute atomic E-state index is 13.4. The second-order valence-electron chi connectivity index (χ2n) is 6.46. The zero-order valence-corrected chi connectivity index (χ0v) is 15.3. The quantitative estimate of drug-likeness (QED) is 0.418. The Hall–Kier alpha value is -3.82. The van der Waals surface area contributed by atoms with Gasteiger partial charge in [-0.05, 0) is 25.1 Å². The van der Waals surface area contributed by atoms with Gasteiger partial charge in [0.2, 0.25) is 0 Å². The summed E-state index contributed by atoms with van der Waals surface area (Å²) in [7, 11) is 0. The van der Waals surface area contributed by atoms with Crippen LogP contribution in [0.3, 0.4) is 0 Å². The first kappa shape index (κ1) is 20.5. The molecule has 3 aromatic heterocycles. The molecule has 4 aromatic rings.